The molecule has 1 heteroatoms. The van der Waals surface area contributed by atoms with Gasteiger partial charge in [-0.1, -0.05) is 39.2 Å². The molecule has 0 aliphatic rings. The van der Waals surface area contributed by atoms with Crippen LogP contribution in [0.4, 0.5) is 0 Å². The molecule has 2 aromatic rings. The van der Waals surface area contributed by atoms with Crippen molar-refractivity contribution < 1.29 is 0 Å². The summed E-state index contributed by atoms with van der Waals surface area (Å²) in [5, 5.41) is 1.33. The van der Waals surface area contributed by atoms with Gasteiger partial charge in [0, 0.05) is 11.7 Å². The molecule has 2 rings (SSSR count). The predicted octanol–water partition coefficient (Wildman–Crippen LogP) is 4.54. The highest BCUT2D eigenvalue weighted by molar-refractivity contribution is 5.79. The third kappa shape index (κ3) is 2.66. The monoisotopic (exact) mass is 215 g/mol. The van der Waals surface area contributed by atoms with Gasteiger partial charge in [0.2, 0.25) is 0 Å². The second-order valence-corrected chi connectivity index (χ2v) is 4.85. The van der Waals surface area contributed by atoms with Gasteiger partial charge in [0.1, 0.15) is 0 Å². The van der Waals surface area contributed by atoms with E-state index in [1.54, 1.807) is 0 Å². The molecular weight excluding hydrogens is 194 g/mol. The Hall–Kier alpha value is -1.24. The van der Waals surface area contributed by atoms with E-state index >= 15 is 0 Å². The van der Waals surface area contributed by atoms with Crippen LogP contribution in [-0.2, 0) is 6.42 Å². The highest BCUT2D eigenvalue weighted by Crippen LogP contribution is 2.19. The summed E-state index contributed by atoms with van der Waals surface area (Å²) in [5.41, 5.74) is 2.71. The van der Waals surface area contributed by atoms with Crippen LogP contribution >= 0.6 is 0 Å². The van der Waals surface area contributed by atoms with Gasteiger partial charge < -0.3 is 4.98 Å². The first-order valence-electron chi connectivity index (χ1n) is 6.35. The zero-order valence-electron chi connectivity index (χ0n) is 10.3. The van der Waals surface area contributed by atoms with Crippen molar-refractivity contribution in [1.29, 1.82) is 0 Å². The van der Waals surface area contributed by atoms with Crippen molar-refractivity contribution in [3.8, 4) is 0 Å². The van der Waals surface area contributed by atoms with Crippen LogP contribution in [-0.4, -0.2) is 4.98 Å². The topological polar surface area (TPSA) is 15.8 Å². The number of hydrogen-bond acceptors (Lipinski definition) is 0. The summed E-state index contributed by atoms with van der Waals surface area (Å²) in [5.74, 6) is 0.802. The van der Waals surface area contributed by atoms with Gasteiger partial charge in [0.15, 0.2) is 0 Å². The molecule has 0 aliphatic carbocycles. The molecule has 1 N–H and O–H groups in total. The smallest absolute Gasteiger partial charge is 0.0454 e. The lowest BCUT2D eigenvalue weighted by atomic mass is 9.95. The number of rotatable bonds is 5. The Labute approximate surface area is 97.9 Å². The summed E-state index contributed by atoms with van der Waals surface area (Å²) in [6.07, 6.45) is 7.23. The van der Waals surface area contributed by atoms with E-state index in [-0.39, 0.29) is 0 Å². The molecule has 0 bridgehead atoms. The van der Waals surface area contributed by atoms with Gasteiger partial charge in [0.05, 0.1) is 0 Å². The van der Waals surface area contributed by atoms with Crippen LogP contribution in [0.2, 0.25) is 0 Å². The average Bonchev–Trinajstić information content (AvgIpc) is 2.73. The Morgan fingerprint density at radius 2 is 2.12 bits per heavy atom. The maximum absolute atomic E-state index is 3.23. The summed E-state index contributed by atoms with van der Waals surface area (Å²) in [6, 6.07) is 8.91. The zero-order chi connectivity index (χ0) is 11.4. The standard InChI is InChI=1S/C15H21N/c1-3-4-5-12(2)10-13-6-7-15-14(11-13)8-9-16-15/h6-9,11-12,16H,3-5,10H2,1-2H3. The number of nitrogens with one attached hydrogen (secondary N) is 1. The Morgan fingerprint density at radius 3 is 2.94 bits per heavy atom. The number of H-pyrrole nitrogens is 1. The lowest BCUT2D eigenvalue weighted by molar-refractivity contribution is 0.504. The summed E-state index contributed by atoms with van der Waals surface area (Å²) < 4.78 is 0. The minimum absolute atomic E-state index is 0.802. The molecule has 0 spiro atoms. The molecule has 1 heterocycles. The summed E-state index contributed by atoms with van der Waals surface area (Å²) in [6.45, 7) is 4.62. The Kier molecular flexibility index (Phi) is 3.66. The quantitative estimate of drug-likeness (QED) is 0.754. The second kappa shape index (κ2) is 5.20. The van der Waals surface area contributed by atoms with Crippen LogP contribution in [0.25, 0.3) is 10.9 Å². The normalized spacial score (nSPS) is 13.1. The first kappa shape index (κ1) is 11.3. The maximum Gasteiger partial charge on any atom is 0.0454 e. The lowest BCUT2D eigenvalue weighted by Gasteiger charge is -2.10. The van der Waals surface area contributed by atoms with Crippen LogP contribution in [0, 0.1) is 5.92 Å². The van der Waals surface area contributed by atoms with Crippen LogP contribution in [0.15, 0.2) is 30.5 Å². The number of aromatic nitrogens is 1. The van der Waals surface area contributed by atoms with E-state index in [0.717, 1.165) is 5.92 Å². The van der Waals surface area contributed by atoms with E-state index in [1.165, 1.54) is 42.1 Å². The first-order chi connectivity index (χ1) is 7.79. The first-order valence-corrected chi connectivity index (χ1v) is 6.35. The van der Waals surface area contributed by atoms with Gasteiger partial charge in [-0.25, -0.2) is 0 Å². The van der Waals surface area contributed by atoms with Crippen molar-refractivity contribution in [2.75, 3.05) is 0 Å². The van der Waals surface area contributed by atoms with Gasteiger partial charge in [-0.05, 0) is 41.5 Å². The molecule has 86 valence electrons. The van der Waals surface area contributed by atoms with Crippen LogP contribution in [0.1, 0.15) is 38.7 Å². The van der Waals surface area contributed by atoms with E-state index in [0.29, 0.717) is 0 Å². The van der Waals surface area contributed by atoms with Gasteiger partial charge in [-0.3, -0.25) is 0 Å². The molecular formula is C15H21N. The van der Waals surface area contributed by atoms with Crippen LogP contribution in [0.5, 0.6) is 0 Å². The third-order valence-corrected chi connectivity index (χ3v) is 3.25. The highest BCUT2D eigenvalue weighted by Gasteiger charge is 2.04. The van der Waals surface area contributed by atoms with E-state index in [2.05, 4.69) is 43.1 Å². The number of benzene rings is 1. The molecule has 0 aliphatic heterocycles. The SMILES string of the molecule is CCCCC(C)Cc1ccc2[nH]ccc2c1. The number of fused-ring (bicyclic) bond motifs is 1. The molecule has 0 saturated heterocycles. The molecule has 1 aromatic heterocycles. The van der Waals surface area contributed by atoms with E-state index < -0.39 is 0 Å². The molecule has 1 unspecified atom stereocenters. The predicted molar refractivity (Wildman–Crippen MR) is 70.7 cm³/mol. The fraction of sp³-hybridized carbons (Fsp3) is 0.467. The van der Waals surface area contributed by atoms with Crippen molar-refractivity contribution >= 4 is 10.9 Å². The van der Waals surface area contributed by atoms with E-state index in [4.69, 9.17) is 0 Å². The Morgan fingerprint density at radius 1 is 1.25 bits per heavy atom. The largest absolute Gasteiger partial charge is 0.361 e. The summed E-state index contributed by atoms with van der Waals surface area (Å²) in [4.78, 5) is 3.23. The Bertz CT molecular complexity index is 441. The van der Waals surface area contributed by atoms with Gasteiger partial charge in [0.25, 0.3) is 0 Å². The highest BCUT2D eigenvalue weighted by atomic mass is 14.7. The number of unbranched alkanes of at least 4 members (excludes halogenated alkanes) is 1. The fourth-order valence-corrected chi connectivity index (χ4v) is 2.29. The maximum atomic E-state index is 3.23. The molecule has 1 aromatic carbocycles. The molecule has 0 amide bonds. The summed E-state index contributed by atoms with van der Waals surface area (Å²) >= 11 is 0. The Balaban J connectivity index is 2.03. The number of hydrogen-bond donors (Lipinski definition) is 1. The van der Waals surface area contributed by atoms with Crippen molar-refractivity contribution in [1.82, 2.24) is 4.98 Å². The van der Waals surface area contributed by atoms with Crippen LogP contribution in [0.3, 0.4) is 0 Å². The van der Waals surface area contributed by atoms with Gasteiger partial charge >= 0.3 is 0 Å². The van der Waals surface area contributed by atoms with Crippen molar-refractivity contribution in [3.05, 3.63) is 36.0 Å². The van der Waals surface area contributed by atoms with Gasteiger partial charge in [-0.2, -0.15) is 0 Å². The molecule has 0 saturated carbocycles. The summed E-state index contributed by atoms with van der Waals surface area (Å²) in [7, 11) is 0. The van der Waals surface area contributed by atoms with E-state index in [1.807, 2.05) is 6.20 Å². The fourth-order valence-electron chi connectivity index (χ4n) is 2.29. The van der Waals surface area contributed by atoms with E-state index in [9.17, 15) is 0 Å². The lowest BCUT2D eigenvalue weighted by Crippen LogP contribution is -1.99. The third-order valence-electron chi connectivity index (χ3n) is 3.25. The molecule has 16 heavy (non-hydrogen) atoms. The molecule has 0 radical (unpaired) electrons. The minimum Gasteiger partial charge on any atom is -0.361 e. The molecule has 1 atom stereocenters. The van der Waals surface area contributed by atoms with Crippen LogP contribution < -0.4 is 0 Å². The molecule has 1 nitrogen and oxygen atoms in total. The number of aromatic amines is 1. The van der Waals surface area contributed by atoms with Crippen molar-refractivity contribution in [2.24, 2.45) is 5.92 Å². The zero-order valence-corrected chi connectivity index (χ0v) is 10.3. The minimum atomic E-state index is 0.802. The second-order valence-electron chi connectivity index (χ2n) is 4.85. The molecule has 0 fully saturated rings. The average molecular weight is 215 g/mol. The van der Waals surface area contributed by atoms with Crippen molar-refractivity contribution in [2.45, 2.75) is 39.5 Å². The van der Waals surface area contributed by atoms with Crippen molar-refractivity contribution in [3.63, 3.8) is 0 Å². The van der Waals surface area contributed by atoms with Gasteiger partial charge in [-0.15, -0.1) is 0 Å².